The van der Waals surface area contributed by atoms with Gasteiger partial charge in [0.1, 0.15) is 29.8 Å². The lowest BCUT2D eigenvalue weighted by Gasteiger charge is -2.47. The molecule has 1 aromatic heterocycles. The van der Waals surface area contributed by atoms with Crippen LogP contribution in [0.3, 0.4) is 0 Å². The molecule has 7 rings (SSSR count). The van der Waals surface area contributed by atoms with E-state index in [9.17, 15) is 36.3 Å². The average Bonchev–Trinajstić information content (AvgIpc) is 3.11. The van der Waals surface area contributed by atoms with E-state index in [0.29, 0.717) is 12.5 Å². The lowest BCUT2D eigenvalue weighted by Crippen LogP contribution is -2.60. The molecule has 1 amide bonds. The van der Waals surface area contributed by atoms with Gasteiger partial charge in [0, 0.05) is 42.1 Å². The molecule has 13 heteroatoms. The summed E-state index contributed by atoms with van der Waals surface area (Å²) in [6, 6.07) is 2.20. The standard InChI is InChI=1S/C28H21F5N4O4/c1-2-21(39)37-14-10-27(19(37)9-20(27)38)12-35(11-14)25-16-8-17(28(31,32)33)22(15-4-3-13(29)7-18(15)30)24-23(16)36(5-6-41-24)26(40)34-25/h2-4,7-8,14,19H,1,5-6,9-12H2. The molecule has 0 radical (unpaired) electrons. The molecule has 1 saturated carbocycles. The highest BCUT2D eigenvalue weighted by atomic mass is 19.4. The lowest BCUT2D eigenvalue weighted by molar-refractivity contribution is -0.145. The number of carbonyl (C=O) groups excluding carboxylic acids is 2. The van der Waals surface area contributed by atoms with Crippen molar-refractivity contribution in [2.24, 2.45) is 5.41 Å². The van der Waals surface area contributed by atoms with Gasteiger partial charge in [0.15, 0.2) is 5.75 Å². The summed E-state index contributed by atoms with van der Waals surface area (Å²) in [5.74, 6) is -3.06. The number of carbonyl (C=O) groups is 2. The highest BCUT2D eigenvalue weighted by Crippen LogP contribution is 2.56. The molecule has 2 aromatic carbocycles. The Kier molecular flexibility index (Phi) is 5.24. The smallest absolute Gasteiger partial charge is 0.417 e. The number of benzene rings is 2. The number of ketones is 1. The van der Waals surface area contributed by atoms with Crippen LogP contribution in [-0.4, -0.2) is 57.9 Å². The van der Waals surface area contributed by atoms with Crippen molar-refractivity contribution in [3.05, 3.63) is 64.6 Å². The van der Waals surface area contributed by atoms with Crippen molar-refractivity contribution >= 4 is 28.4 Å². The fourth-order valence-electron chi connectivity index (χ4n) is 7.09. The minimum absolute atomic E-state index is 0.0103. The van der Waals surface area contributed by atoms with Crippen LogP contribution in [0, 0.1) is 17.0 Å². The van der Waals surface area contributed by atoms with Gasteiger partial charge < -0.3 is 14.5 Å². The number of Topliss-reactive ketones (excluding diaryl/α,β-unsaturated/α-hetero) is 1. The molecule has 0 N–H and O–H groups in total. The fraction of sp³-hybridized carbons (Fsp3) is 0.357. The number of nitrogens with zero attached hydrogens (tertiary/aromatic N) is 4. The minimum atomic E-state index is -5.00. The number of halogens is 5. The van der Waals surface area contributed by atoms with Gasteiger partial charge in [-0.25, -0.2) is 13.6 Å². The molecular weight excluding hydrogens is 551 g/mol. The zero-order chi connectivity index (χ0) is 29.0. The van der Waals surface area contributed by atoms with Crippen molar-refractivity contribution in [1.82, 2.24) is 14.5 Å². The quantitative estimate of drug-likeness (QED) is 0.352. The number of hydrogen-bond donors (Lipinski definition) is 0. The monoisotopic (exact) mass is 572 g/mol. The van der Waals surface area contributed by atoms with Gasteiger partial charge in [0.25, 0.3) is 0 Å². The van der Waals surface area contributed by atoms with E-state index < -0.39 is 51.6 Å². The van der Waals surface area contributed by atoms with Crippen LogP contribution in [0.15, 0.2) is 41.7 Å². The molecule has 8 nitrogen and oxygen atoms in total. The number of likely N-dealkylation sites (tertiary alicyclic amines) is 1. The van der Waals surface area contributed by atoms with Gasteiger partial charge in [-0.05, 0) is 30.7 Å². The Morgan fingerprint density at radius 3 is 2.66 bits per heavy atom. The van der Waals surface area contributed by atoms with Crippen molar-refractivity contribution in [3.8, 4) is 16.9 Å². The maximum Gasteiger partial charge on any atom is 0.417 e. The van der Waals surface area contributed by atoms with Crippen molar-refractivity contribution < 1.29 is 36.3 Å². The van der Waals surface area contributed by atoms with E-state index >= 15 is 0 Å². The number of piperidine rings is 1. The molecule has 4 aliphatic rings. The Morgan fingerprint density at radius 1 is 1.20 bits per heavy atom. The molecule has 3 aliphatic heterocycles. The minimum Gasteiger partial charge on any atom is -0.489 e. The summed E-state index contributed by atoms with van der Waals surface area (Å²) in [6.45, 7) is 3.55. The van der Waals surface area contributed by atoms with Gasteiger partial charge >= 0.3 is 11.9 Å². The molecule has 1 spiro atoms. The van der Waals surface area contributed by atoms with Gasteiger partial charge in [-0.3, -0.25) is 14.2 Å². The Balaban J connectivity index is 1.48. The number of ether oxygens (including phenoxy) is 1. The summed E-state index contributed by atoms with van der Waals surface area (Å²) < 4.78 is 79.2. The molecule has 2 saturated heterocycles. The number of aromatic nitrogens is 2. The third kappa shape index (κ3) is 3.43. The van der Waals surface area contributed by atoms with Crippen LogP contribution < -0.4 is 15.3 Å². The second-order valence-electron chi connectivity index (χ2n) is 10.9. The Morgan fingerprint density at radius 2 is 1.98 bits per heavy atom. The first kappa shape index (κ1) is 25.7. The lowest BCUT2D eigenvalue weighted by atomic mass is 9.62. The first-order valence-electron chi connectivity index (χ1n) is 12.9. The normalized spacial score (nSPS) is 24.7. The van der Waals surface area contributed by atoms with E-state index in [4.69, 9.17) is 4.74 Å². The van der Waals surface area contributed by atoms with E-state index in [1.54, 1.807) is 9.80 Å². The van der Waals surface area contributed by atoms with E-state index in [2.05, 4.69) is 11.6 Å². The Labute approximate surface area is 228 Å². The van der Waals surface area contributed by atoms with Crippen LogP contribution in [0.25, 0.3) is 22.0 Å². The predicted molar refractivity (Wildman–Crippen MR) is 135 cm³/mol. The summed E-state index contributed by atoms with van der Waals surface area (Å²) >= 11 is 0. The number of anilines is 1. The molecule has 3 unspecified atom stereocenters. The first-order valence-corrected chi connectivity index (χ1v) is 12.9. The molecule has 1 aliphatic carbocycles. The Bertz CT molecular complexity index is 1770. The van der Waals surface area contributed by atoms with Crippen LogP contribution in [0.1, 0.15) is 18.4 Å². The van der Waals surface area contributed by atoms with Crippen molar-refractivity contribution in [2.45, 2.75) is 37.6 Å². The second kappa shape index (κ2) is 8.37. The number of rotatable bonds is 3. The summed E-state index contributed by atoms with van der Waals surface area (Å²) in [5, 5.41) is -0.0690. The average molecular weight is 572 g/mol. The van der Waals surface area contributed by atoms with Crippen LogP contribution in [0.4, 0.5) is 27.8 Å². The van der Waals surface area contributed by atoms with Gasteiger partial charge in [0.2, 0.25) is 5.91 Å². The number of fused-ring (bicyclic) bond motifs is 1. The van der Waals surface area contributed by atoms with Crippen molar-refractivity contribution in [3.63, 3.8) is 0 Å². The van der Waals surface area contributed by atoms with Crippen LogP contribution in [0.2, 0.25) is 0 Å². The summed E-state index contributed by atoms with van der Waals surface area (Å²) in [6.07, 6.45) is -3.26. The number of alkyl halides is 3. The van der Waals surface area contributed by atoms with Crippen LogP contribution >= 0.6 is 0 Å². The van der Waals surface area contributed by atoms with Crippen molar-refractivity contribution in [2.75, 3.05) is 24.6 Å². The van der Waals surface area contributed by atoms with Crippen LogP contribution in [-0.2, 0) is 22.3 Å². The predicted octanol–water partition coefficient (Wildman–Crippen LogP) is 3.69. The zero-order valence-corrected chi connectivity index (χ0v) is 21.3. The third-order valence-corrected chi connectivity index (χ3v) is 8.80. The molecule has 4 heterocycles. The van der Waals surface area contributed by atoms with E-state index in [0.717, 1.165) is 24.3 Å². The maximum atomic E-state index is 14.9. The van der Waals surface area contributed by atoms with Gasteiger partial charge in [0.05, 0.1) is 35.1 Å². The summed E-state index contributed by atoms with van der Waals surface area (Å²) in [4.78, 5) is 46.2. The number of amides is 1. The molecular formula is C28H21F5N4O4. The summed E-state index contributed by atoms with van der Waals surface area (Å²) in [7, 11) is 0. The van der Waals surface area contributed by atoms with Gasteiger partial charge in [-0.2, -0.15) is 18.2 Å². The molecule has 2 bridgehead atoms. The highest BCUT2D eigenvalue weighted by molar-refractivity contribution is 6.02. The van der Waals surface area contributed by atoms with Gasteiger partial charge in [-0.15, -0.1) is 0 Å². The molecule has 212 valence electrons. The largest absolute Gasteiger partial charge is 0.489 e. The maximum absolute atomic E-state index is 14.9. The molecule has 3 aromatic rings. The third-order valence-electron chi connectivity index (χ3n) is 8.80. The Hall–Kier alpha value is -4.29. The molecule has 41 heavy (non-hydrogen) atoms. The zero-order valence-electron chi connectivity index (χ0n) is 21.3. The topological polar surface area (TPSA) is 84.7 Å². The first-order chi connectivity index (χ1) is 19.4. The summed E-state index contributed by atoms with van der Waals surface area (Å²) in [5.41, 5.74) is -4.13. The van der Waals surface area contributed by atoms with Crippen molar-refractivity contribution in [1.29, 1.82) is 0 Å². The van der Waals surface area contributed by atoms with E-state index in [1.165, 1.54) is 4.57 Å². The van der Waals surface area contributed by atoms with Crippen LogP contribution in [0.5, 0.6) is 5.75 Å². The van der Waals surface area contributed by atoms with Gasteiger partial charge in [-0.1, -0.05) is 6.58 Å². The van der Waals surface area contributed by atoms with E-state index in [-0.39, 0.29) is 72.9 Å². The second-order valence-corrected chi connectivity index (χ2v) is 10.9. The SMILES string of the molecule is C=CC(=O)N1C2CN(c3nc(=O)n4c5c(c(-c6ccc(F)cc6F)c(C(F)(F)F)cc35)OCC4)CC3(C2)C(=O)CC13. The number of hydrogen-bond acceptors (Lipinski definition) is 6. The highest BCUT2D eigenvalue weighted by Gasteiger charge is 2.67. The molecule has 3 atom stereocenters. The van der Waals surface area contributed by atoms with E-state index in [1.807, 2.05) is 0 Å². The fourth-order valence-corrected chi connectivity index (χ4v) is 7.09. The molecule has 3 fully saturated rings.